The van der Waals surface area contributed by atoms with Gasteiger partial charge in [-0.25, -0.2) is 0 Å². The van der Waals surface area contributed by atoms with Crippen LogP contribution in [0.25, 0.3) is 0 Å². The van der Waals surface area contributed by atoms with E-state index in [1.54, 1.807) is 0 Å². The number of nitrogens with two attached hydrogens (primary N) is 1. The molecule has 1 aliphatic heterocycles. The summed E-state index contributed by atoms with van der Waals surface area (Å²) in [7, 11) is 0. The molecular weight excluding hydrogens is 312 g/mol. The molecule has 0 radical (unpaired) electrons. The van der Waals surface area contributed by atoms with E-state index in [2.05, 4.69) is 21.2 Å². The Kier molecular flexibility index (Phi) is 5.04. The highest BCUT2D eigenvalue weighted by molar-refractivity contribution is 9.10. The fraction of sp³-hybridized carbons (Fsp3) is 0.462. The molecule has 6 heteroatoms. The molecule has 0 spiro atoms. The molecule has 1 aliphatic rings. The minimum atomic E-state index is -0.260. The second-order valence-corrected chi connectivity index (χ2v) is 5.20. The standard InChI is InChI=1S/C13H17BrN2O3/c14-10-6-9(8-16-3-1-2-12(15)17)7-11-13(10)19-5-4-18-11/h6-7,16H,1-5,8H2,(H2,15,17). The number of hydrogen-bond donors (Lipinski definition) is 2. The van der Waals surface area contributed by atoms with Gasteiger partial charge in [0.05, 0.1) is 4.47 Å². The number of rotatable bonds is 6. The molecule has 0 atom stereocenters. The summed E-state index contributed by atoms with van der Waals surface area (Å²) in [5.41, 5.74) is 6.19. The van der Waals surface area contributed by atoms with Gasteiger partial charge in [-0.2, -0.15) is 0 Å². The molecule has 0 aliphatic carbocycles. The maximum atomic E-state index is 10.6. The van der Waals surface area contributed by atoms with Crippen molar-refractivity contribution in [1.29, 1.82) is 0 Å². The number of hydrogen-bond acceptors (Lipinski definition) is 4. The number of fused-ring (bicyclic) bond motifs is 1. The molecule has 0 saturated carbocycles. The van der Waals surface area contributed by atoms with Crippen LogP contribution in [0.2, 0.25) is 0 Å². The third kappa shape index (κ3) is 4.11. The van der Waals surface area contributed by atoms with Crippen LogP contribution in [-0.2, 0) is 11.3 Å². The third-order valence-electron chi connectivity index (χ3n) is 2.76. The second kappa shape index (κ2) is 6.77. The van der Waals surface area contributed by atoms with Gasteiger partial charge in [-0.15, -0.1) is 0 Å². The van der Waals surface area contributed by atoms with Crippen molar-refractivity contribution in [2.24, 2.45) is 5.73 Å². The zero-order valence-electron chi connectivity index (χ0n) is 10.6. The Balaban J connectivity index is 1.87. The summed E-state index contributed by atoms with van der Waals surface area (Å²) >= 11 is 3.48. The predicted octanol–water partition coefficient (Wildman–Crippen LogP) is 1.58. The lowest BCUT2D eigenvalue weighted by molar-refractivity contribution is -0.118. The van der Waals surface area contributed by atoms with Crippen molar-refractivity contribution in [3.05, 3.63) is 22.2 Å². The van der Waals surface area contributed by atoms with E-state index in [0.717, 1.165) is 34.5 Å². The molecule has 1 aromatic rings. The summed E-state index contributed by atoms with van der Waals surface area (Å²) in [5.74, 6) is 1.28. The number of carbonyl (C=O) groups excluding carboxylic acids is 1. The van der Waals surface area contributed by atoms with Crippen molar-refractivity contribution >= 4 is 21.8 Å². The van der Waals surface area contributed by atoms with Crippen LogP contribution in [0, 0.1) is 0 Å². The lowest BCUT2D eigenvalue weighted by atomic mass is 10.2. The van der Waals surface area contributed by atoms with E-state index in [1.807, 2.05) is 12.1 Å². The highest BCUT2D eigenvalue weighted by Gasteiger charge is 2.15. The number of benzene rings is 1. The van der Waals surface area contributed by atoms with Gasteiger partial charge in [0, 0.05) is 13.0 Å². The maximum absolute atomic E-state index is 10.6. The normalized spacial score (nSPS) is 13.3. The summed E-state index contributed by atoms with van der Waals surface area (Å²) in [6, 6.07) is 3.98. The Hall–Kier alpha value is -1.27. The molecular formula is C13H17BrN2O3. The van der Waals surface area contributed by atoms with Crippen molar-refractivity contribution in [2.75, 3.05) is 19.8 Å². The number of nitrogens with one attached hydrogen (secondary N) is 1. The molecule has 0 fully saturated rings. The number of halogens is 1. The fourth-order valence-corrected chi connectivity index (χ4v) is 2.49. The van der Waals surface area contributed by atoms with Gasteiger partial charge in [0.15, 0.2) is 11.5 Å². The third-order valence-corrected chi connectivity index (χ3v) is 3.35. The molecule has 0 aromatic heterocycles. The maximum Gasteiger partial charge on any atom is 0.217 e. The Morgan fingerprint density at radius 3 is 2.95 bits per heavy atom. The lowest BCUT2D eigenvalue weighted by Crippen LogP contribution is -2.19. The largest absolute Gasteiger partial charge is 0.486 e. The van der Waals surface area contributed by atoms with Gasteiger partial charge in [-0.3, -0.25) is 4.79 Å². The molecule has 19 heavy (non-hydrogen) atoms. The zero-order chi connectivity index (χ0) is 13.7. The van der Waals surface area contributed by atoms with Crippen molar-refractivity contribution in [2.45, 2.75) is 19.4 Å². The highest BCUT2D eigenvalue weighted by Crippen LogP contribution is 2.38. The molecule has 1 aromatic carbocycles. The average molecular weight is 329 g/mol. The van der Waals surface area contributed by atoms with Gasteiger partial charge in [0.25, 0.3) is 0 Å². The van der Waals surface area contributed by atoms with Gasteiger partial charge in [0.2, 0.25) is 5.91 Å². The smallest absolute Gasteiger partial charge is 0.217 e. The van der Waals surface area contributed by atoms with E-state index in [1.165, 1.54) is 0 Å². The number of primary amides is 1. The zero-order valence-corrected chi connectivity index (χ0v) is 12.2. The first-order valence-corrected chi connectivity index (χ1v) is 7.03. The van der Waals surface area contributed by atoms with Crippen molar-refractivity contribution in [1.82, 2.24) is 5.32 Å². The average Bonchev–Trinajstić information content (AvgIpc) is 2.38. The number of ether oxygens (including phenoxy) is 2. The van der Waals surface area contributed by atoms with Crippen LogP contribution in [0.5, 0.6) is 11.5 Å². The summed E-state index contributed by atoms with van der Waals surface area (Å²) < 4.78 is 12.0. The molecule has 1 heterocycles. The monoisotopic (exact) mass is 328 g/mol. The molecule has 5 nitrogen and oxygen atoms in total. The molecule has 104 valence electrons. The summed E-state index contributed by atoms with van der Waals surface area (Å²) in [6.07, 6.45) is 1.17. The van der Waals surface area contributed by atoms with E-state index in [0.29, 0.717) is 26.2 Å². The second-order valence-electron chi connectivity index (χ2n) is 4.35. The Morgan fingerprint density at radius 2 is 2.16 bits per heavy atom. The van der Waals surface area contributed by atoms with Crippen LogP contribution in [0.4, 0.5) is 0 Å². The predicted molar refractivity (Wildman–Crippen MR) is 75.3 cm³/mol. The molecule has 0 unspecified atom stereocenters. The number of amides is 1. The Labute approximate surface area is 120 Å². The van der Waals surface area contributed by atoms with Gasteiger partial charge in [-0.05, 0) is 46.6 Å². The highest BCUT2D eigenvalue weighted by atomic mass is 79.9. The first-order chi connectivity index (χ1) is 9.16. The SMILES string of the molecule is NC(=O)CCCNCc1cc(Br)c2c(c1)OCCO2. The van der Waals surface area contributed by atoms with Gasteiger partial charge in [-0.1, -0.05) is 0 Å². The van der Waals surface area contributed by atoms with E-state index in [-0.39, 0.29) is 5.91 Å². The minimum absolute atomic E-state index is 0.260. The summed E-state index contributed by atoms with van der Waals surface area (Å²) in [4.78, 5) is 10.6. The van der Waals surface area contributed by atoms with Gasteiger partial charge < -0.3 is 20.5 Å². The van der Waals surface area contributed by atoms with Gasteiger partial charge in [0.1, 0.15) is 13.2 Å². The molecule has 0 bridgehead atoms. The van der Waals surface area contributed by atoms with Crippen LogP contribution in [0.15, 0.2) is 16.6 Å². The Morgan fingerprint density at radius 1 is 1.37 bits per heavy atom. The summed E-state index contributed by atoms with van der Waals surface area (Å²) in [5, 5.41) is 3.27. The molecule has 0 saturated heterocycles. The first-order valence-electron chi connectivity index (χ1n) is 6.24. The topological polar surface area (TPSA) is 73.6 Å². The van der Waals surface area contributed by atoms with Crippen LogP contribution in [-0.4, -0.2) is 25.7 Å². The quantitative estimate of drug-likeness (QED) is 0.777. The molecule has 2 rings (SSSR count). The van der Waals surface area contributed by atoms with Crippen molar-refractivity contribution in [3.8, 4) is 11.5 Å². The van der Waals surface area contributed by atoms with Crippen LogP contribution < -0.4 is 20.5 Å². The van der Waals surface area contributed by atoms with Crippen LogP contribution >= 0.6 is 15.9 Å². The van der Waals surface area contributed by atoms with Crippen LogP contribution in [0.3, 0.4) is 0 Å². The molecule has 3 N–H and O–H groups in total. The van der Waals surface area contributed by atoms with Crippen LogP contribution in [0.1, 0.15) is 18.4 Å². The summed E-state index contributed by atoms with van der Waals surface area (Å²) in [6.45, 7) is 2.63. The lowest BCUT2D eigenvalue weighted by Gasteiger charge is -2.20. The van der Waals surface area contributed by atoms with E-state index < -0.39 is 0 Å². The van der Waals surface area contributed by atoms with Gasteiger partial charge >= 0.3 is 0 Å². The van der Waals surface area contributed by atoms with E-state index in [9.17, 15) is 4.79 Å². The van der Waals surface area contributed by atoms with E-state index >= 15 is 0 Å². The van der Waals surface area contributed by atoms with Crippen molar-refractivity contribution in [3.63, 3.8) is 0 Å². The molecule has 1 amide bonds. The minimum Gasteiger partial charge on any atom is -0.486 e. The fourth-order valence-electron chi connectivity index (χ4n) is 1.89. The van der Waals surface area contributed by atoms with Crippen molar-refractivity contribution < 1.29 is 14.3 Å². The van der Waals surface area contributed by atoms with E-state index in [4.69, 9.17) is 15.2 Å². The number of carbonyl (C=O) groups is 1. The first kappa shape index (κ1) is 14.1. The Bertz CT molecular complexity index is 465.